The minimum Gasteiger partial charge on any atom is -0.481 e. The summed E-state index contributed by atoms with van der Waals surface area (Å²) in [5.74, 6) is -1.02. The van der Waals surface area contributed by atoms with Crippen molar-refractivity contribution < 1.29 is 14.7 Å². The fraction of sp³-hybridized carbons (Fsp3) is 0.667. The Hall–Kier alpha value is -1.32. The summed E-state index contributed by atoms with van der Waals surface area (Å²) in [6.07, 6.45) is 1.51. The maximum atomic E-state index is 11.9. The third-order valence-corrected chi connectivity index (χ3v) is 2.04. The van der Waals surface area contributed by atoms with Gasteiger partial charge < -0.3 is 10.0 Å². The predicted molar refractivity (Wildman–Crippen MR) is 63.1 cm³/mol. The average molecular weight is 227 g/mol. The van der Waals surface area contributed by atoms with E-state index in [2.05, 4.69) is 0 Å². The van der Waals surface area contributed by atoms with Crippen LogP contribution in [0.15, 0.2) is 11.6 Å². The molecule has 0 aliphatic carbocycles. The van der Waals surface area contributed by atoms with Crippen molar-refractivity contribution in [3.8, 4) is 0 Å². The Morgan fingerprint density at radius 3 is 2.06 bits per heavy atom. The van der Waals surface area contributed by atoms with Crippen LogP contribution in [0.5, 0.6) is 0 Å². The van der Waals surface area contributed by atoms with Gasteiger partial charge in [0.1, 0.15) is 0 Å². The van der Waals surface area contributed by atoms with E-state index in [-0.39, 0.29) is 24.4 Å². The first-order valence-corrected chi connectivity index (χ1v) is 5.33. The highest BCUT2D eigenvalue weighted by Crippen LogP contribution is 2.15. The molecular formula is C12H21NO3. The lowest BCUT2D eigenvalue weighted by Gasteiger charge is -2.34. The van der Waals surface area contributed by atoms with Gasteiger partial charge in [0.2, 0.25) is 5.91 Å². The number of hydrogen-bond donors (Lipinski definition) is 1. The Balaban J connectivity index is 4.75. The Kier molecular flexibility index (Phi) is 5.21. The molecule has 0 unspecified atom stereocenters. The number of nitrogens with zero attached hydrogens (tertiary/aromatic N) is 1. The molecule has 0 bridgehead atoms. The number of amides is 1. The molecule has 0 aliphatic rings. The number of aliphatic carboxylic acids is 1. The fourth-order valence-corrected chi connectivity index (χ4v) is 1.31. The monoisotopic (exact) mass is 227 g/mol. The third kappa shape index (κ3) is 5.53. The minimum atomic E-state index is -0.890. The van der Waals surface area contributed by atoms with E-state index in [0.29, 0.717) is 0 Å². The Bertz CT molecular complexity index is 296. The number of carbonyl (C=O) groups excluding carboxylic acids is 1. The summed E-state index contributed by atoms with van der Waals surface area (Å²) in [6, 6.07) is 0. The zero-order valence-corrected chi connectivity index (χ0v) is 10.7. The van der Waals surface area contributed by atoms with Gasteiger partial charge in [-0.25, -0.2) is 0 Å². The second kappa shape index (κ2) is 5.68. The summed E-state index contributed by atoms with van der Waals surface area (Å²) >= 11 is 0. The normalized spacial score (nSPS) is 10.8. The molecule has 0 radical (unpaired) electrons. The van der Waals surface area contributed by atoms with E-state index in [1.54, 1.807) is 4.90 Å². The summed E-state index contributed by atoms with van der Waals surface area (Å²) in [4.78, 5) is 24.0. The van der Waals surface area contributed by atoms with E-state index >= 15 is 0 Å². The number of hydrogen-bond acceptors (Lipinski definition) is 2. The molecule has 0 aromatic heterocycles. The molecule has 0 saturated carbocycles. The van der Waals surface area contributed by atoms with E-state index < -0.39 is 5.97 Å². The van der Waals surface area contributed by atoms with E-state index in [0.717, 1.165) is 5.57 Å². The van der Waals surface area contributed by atoms with Crippen molar-refractivity contribution in [1.82, 2.24) is 4.90 Å². The van der Waals surface area contributed by atoms with Gasteiger partial charge in [-0.05, 0) is 34.6 Å². The van der Waals surface area contributed by atoms with Crippen LogP contribution < -0.4 is 0 Å². The van der Waals surface area contributed by atoms with E-state index in [9.17, 15) is 9.59 Å². The highest BCUT2D eigenvalue weighted by atomic mass is 16.4. The van der Waals surface area contributed by atoms with Gasteiger partial charge in [0, 0.05) is 18.2 Å². The van der Waals surface area contributed by atoms with Gasteiger partial charge in [-0.2, -0.15) is 0 Å². The molecule has 1 N–H and O–H groups in total. The van der Waals surface area contributed by atoms with Crippen molar-refractivity contribution in [3.05, 3.63) is 11.6 Å². The highest BCUT2D eigenvalue weighted by Gasteiger charge is 2.25. The number of carbonyl (C=O) groups is 2. The molecule has 92 valence electrons. The van der Waals surface area contributed by atoms with E-state index in [1.165, 1.54) is 6.08 Å². The van der Waals surface area contributed by atoms with Crippen molar-refractivity contribution in [2.45, 2.75) is 46.6 Å². The molecule has 0 aromatic rings. The lowest BCUT2D eigenvalue weighted by atomic mass is 10.0. The summed E-state index contributed by atoms with van der Waals surface area (Å²) in [7, 11) is 0. The first kappa shape index (κ1) is 14.7. The van der Waals surface area contributed by atoms with Crippen LogP contribution >= 0.6 is 0 Å². The fourth-order valence-electron chi connectivity index (χ4n) is 1.31. The number of carboxylic acids is 1. The molecule has 0 spiro atoms. The van der Waals surface area contributed by atoms with Gasteiger partial charge >= 0.3 is 5.97 Å². The average Bonchev–Trinajstić information content (AvgIpc) is 1.98. The SMILES string of the molecule is CC(C)=CC(=O)N(CCC(=O)O)C(C)(C)C. The minimum absolute atomic E-state index is 0.0282. The van der Waals surface area contributed by atoms with Gasteiger partial charge in [0.25, 0.3) is 0 Å². The van der Waals surface area contributed by atoms with Crippen LogP contribution in [-0.4, -0.2) is 34.0 Å². The van der Waals surface area contributed by atoms with Gasteiger partial charge in [0.15, 0.2) is 0 Å². The van der Waals surface area contributed by atoms with Gasteiger partial charge in [-0.1, -0.05) is 5.57 Å². The zero-order valence-electron chi connectivity index (χ0n) is 10.7. The van der Waals surface area contributed by atoms with Crippen molar-refractivity contribution in [2.75, 3.05) is 6.54 Å². The molecule has 4 heteroatoms. The largest absolute Gasteiger partial charge is 0.481 e. The number of allylic oxidation sites excluding steroid dienone is 1. The smallest absolute Gasteiger partial charge is 0.305 e. The second-order valence-electron chi connectivity index (χ2n) is 5.03. The molecule has 0 aromatic carbocycles. The first-order chi connectivity index (χ1) is 7.14. The van der Waals surface area contributed by atoms with Crippen molar-refractivity contribution >= 4 is 11.9 Å². The van der Waals surface area contributed by atoms with Crippen molar-refractivity contribution in [3.63, 3.8) is 0 Å². The first-order valence-electron chi connectivity index (χ1n) is 5.33. The molecule has 4 nitrogen and oxygen atoms in total. The van der Waals surface area contributed by atoms with E-state index in [4.69, 9.17) is 5.11 Å². The van der Waals surface area contributed by atoms with Crippen molar-refractivity contribution in [1.29, 1.82) is 0 Å². The molecule has 0 atom stereocenters. The quantitative estimate of drug-likeness (QED) is 0.748. The maximum absolute atomic E-state index is 11.9. The van der Waals surface area contributed by atoms with Crippen LogP contribution in [0.2, 0.25) is 0 Å². The van der Waals surface area contributed by atoms with Gasteiger partial charge in [-0.3, -0.25) is 9.59 Å². The van der Waals surface area contributed by atoms with E-state index in [1.807, 2.05) is 34.6 Å². The molecule has 0 heterocycles. The Morgan fingerprint density at radius 2 is 1.75 bits per heavy atom. The zero-order chi connectivity index (χ0) is 12.9. The number of rotatable bonds is 4. The molecule has 0 fully saturated rings. The Morgan fingerprint density at radius 1 is 1.25 bits per heavy atom. The summed E-state index contributed by atoms with van der Waals surface area (Å²) in [5, 5.41) is 8.64. The summed E-state index contributed by atoms with van der Waals surface area (Å²) in [6.45, 7) is 9.61. The lowest BCUT2D eigenvalue weighted by Crippen LogP contribution is -2.46. The molecular weight excluding hydrogens is 206 g/mol. The van der Waals surface area contributed by atoms with Crippen LogP contribution in [0.1, 0.15) is 41.0 Å². The summed E-state index contributed by atoms with van der Waals surface area (Å²) in [5.41, 5.74) is 0.549. The van der Waals surface area contributed by atoms with Gasteiger partial charge in [-0.15, -0.1) is 0 Å². The molecule has 1 amide bonds. The predicted octanol–water partition coefficient (Wildman–Crippen LogP) is 2.05. The van der Waals surface area contributed by atoms with Crippen LogP contribution in [0.25, 0.3) is 0 Å². The van der Waals surface area contributed by atoms with Gasteiger partial charge in [0.05, 0.1) is 6.42 Å². The van der Waals surface area contributed by atoms with Crippen LogP contribution in [-0.2, 0) is 9.59 Å². The molecule has 0 saturated heterocycles. The van der Waals surface area contributed by atoms with Crippen molar-refractivity contribution in [2.24, 2.45) is 0 Å². The van der Waals surface area contributed by atoms with Crippen LogP contribution in [0.4, 0.5) is 0 Å². The second-order valence-corrected chi connectivity index (χ2v) is 5.03. The topological polar surface area (TPSA) is 57.6 Å². The van der Waals surface area contributed by atoms with Crippen LogP contribution in [0, 0.1) is 0 Å². The Labute approximate surface area is 96.9 Å². The highest BCUT2D eigenvalue weighted by molar-refractivity contribution is 5.89. The maximum Gasteiger partial charge on any atom is 0.305 e. The summed E-state index contributed by atoms with van der Waals surface area (Å²) < 4.78 is 0. The third-order valence-electron chi connectivity index (χ3n) is 2.04. The lowest BCUT2D eigenvalue weighted by molar-refractivity contribution is -0.139. The molecule has 0 aliphatic heterocycles. The molecule has 16 heavy (non-hydrogen) atoms. The number of carboxylic acid groups (broad SMARTS) is 1. The molecule has 0 rings (SSSR count). The standard InChI is InChI=1S/C12H21NO3/c1-9(2)8-10(14)13(12(3,4)5)7-6-11(15)16/h8H,6-7H2,1-5H3,(H,15,16). The van der Waals surface area contributed by atoms with Crippen LogP contribution in [0.3, 0.4) is 0 Å².